The first kappa shape index (κ1) is 13.2. The summed E-state index contributed by atoms with van der Waals surface area (Å²) in [6.45, 7) is 6.90. The van der Waals surface area contributed by atoms with Gasteiger partial charge in [-0.3, -0.25) is 10.1 Å². The Hall–Kier alpha value is -2.24. The van der Waals surface area contributed by atoms with Gasteiger partial charge >= 0.3 is 0 Å². The van der Waals surface area contributed by atoms with Gasteiger partial charge in [-0.15, -0.1) is 10.2 Å². The monoisotopic (exact) mass is 260 g/mol. The van der Waals surface area contributed by atoms with Crippen molar-refractivity contribution in [3.05, 3.63) is 40.2 Å². The van der Waals surface area contributed by atoms with E-state index in [0.29, 0.717) is 5.92 Å². The van der Waals surface area contributed by atoms with Crippen molar-refractivity contribution in [2.24, 2.45) is 5.92 Å². The minimum atomic E-state index is -0.393. The number of aryl methyl sites for hydroxylation is 1. The third-order valence-electron chi connectivity index (χ3n) is 2.84. The Morgan fingerprint density at radius 3 is 2.74 bits per heavy atom. The van der Waals surface area contributed by atoms with E-state index in [4.69, 9.17) is 0 Å². The minimum absolute atomic E-state index is 0.0937. The van der Waals surface area contributed by atoms with Crippen LogP contribution in [-0.2, 0) is 6.54 Å². The number of nitro benzene ring substituents is 1. The molecule has 6 heteroatoms. The summed E-state index contributed by atoms with van der Waals surface area (Å²) in [5.74, 6) is 1.23. The van der Waals surface area contributed by atoms with Gasteiger partial charge in [-0.25, -0.2) is 0 Å². The molecule has 0 atom stereocenters. The molecule has 0 aliphatic heterocycles. The van der Waals surface area contributed by atoms with Crippen LogP contribution in [0.1, 0.15) is 19.4 Å². The Morgan fingerprint density at radius 1 is 1.42 bits per heavy atom. The lowest BCUT2D eigenvalue weighted by Gasteiger charge is -2.10. The lowest BCUT2D eigenvalue weighted by atomic mass is 10.1. The van der Waals surface area contributed by atoms with Crippen LogP contribution >= 0.6 is 0 Å². The second kappa shape index (κ2) is 5.17. The molecule has 0 unspecified atom stereocenters. The van der Waals surface area contributed by atoms with Gasteiger partial charge in [-0.2, -0.15) is 0 Å². The SMILES string of the molecule is Cc1cc([N+](=O)[O-])ccc1-c1nncn1CC(C)C. The van der Waals surface area contributed by atoms with Gasteiger partial charge in [0.05, 0.1) is 4.92 Å². The molecule has 1 aromatic carbocycles. The maximum atomic E-state index is 10.7. The van der Waals surface area contributed by atoms with E-state index in [-0.39, 0.29) is 5.69 Å². The number of nitro groups is 1. The summed E-state index contributed by atoms with van der Waals surface area (Å²) >= 11 is 0. The number of hydrogen-bond donors (Lipinski definition) is 0. The lowest BCUT2D eigenvalue weighted by Crippen LogP contribution is -2.05. The largest absolute Gasteiger partial charge is 0.313 e. The quantitative estimate of drug-likeness (QED) is 0.625. The Kier molecular flexibility index (Phi) is 3.59. The van der Waals surface area contributed by atoms with Gasteiger partial charge in [-0.05, 0) is 24.5 Å². The van der Waals surface area contributed by atoms with Crippen LogP contribution in [0.25, 0.3) is 11.4 Å². The zero-order valence-corrected chi connectivity index (χ0v) is 11.2. The molecule has 0 saturated carbocycles. The maximum Gasteiger partial charge on any atom is 0.269 e. The second-order valence-corrected chi connectivity index (χ2v) is 4.96. The first-order chi connectivity index (χ1) is 8.99. The molecule has 0 amide bonds. The number of benzene rings is 1. The van der Waals surface area contributed by atoms with Gasteiger partial charge in [0.1, 0.15) is 6.33 Å². The first-order valence-electron chi connectivity index (χ1n) is 6.12. The number of aromatic nitrogens is 3. The zero-order valence-electron chi connectivity index (χ0n) is 11.2. The van der Waals surface area contributed by atoms with Crippen molar-refractivity contribution < 1.29 is 4.92 Å². The van der Waals surface area contributed by atoms with Gasteiger partial charge in [-0.1, -0.05) is 13.8 Å². The summed E-state index contributed by atoms with van der Waals surface area (Å²) in [4.78, 5) is 10.3. The molecule has 1 aromatic heterocycles. The van der Waals surface area contributed by atoms with Crippen LogP contribution in [0.5, 0.6) is 0 Å². The van der Waals surface area contributed by atoms with Crippen molar-refractivity contribution in [1.29, 1.82) is 0 Å². The van der Waals surface area contributed by atoms with Crippen LogP contribution in [-0.4, -0.2) is 19.7 Å². The third kappa shape index (κ3) is 2.78. The minimum Gasteiger partial charge on any atom is -0.313 e. The highest BCUT2D eigenvalue weighted by atomic mass is 16.6. The van der Waals surface area contributed by atoms with E-state index in [2.05, 4.69) is 24.0 Å². The molecule has 0 spiro atoms. The molecule has 6 nitrogen and oxygen atoms in total. The predicted molar refractivity (Wildman–Crippen MR) is 71.7 cm³/mol. The highest BCUT2D eigenvalue weighted by molar-refractivity contribution is 5.62. The molecule has 0 radical (unpaired) electrons. The molecule has 19 heavy (non-hydrogen) atoms. The van der Waals surface area contributed by atoms with Gasteiger partial charge in [0.2, 0.25) is 0 Å². The smallest absolute Gasteiger partial charge is 0.269 e. The normalized spacial score (nSPS) is 10.9. The van der Waals surface area contributed by atoms with E-state index in [1.165, 1.54) is 6.07 Å². The fraction of sp³-hybridized carbons (Fsp3) is 0.385. The molecule has 0 aliphatic rings. The summed E-state index contributed by atoms with van der Waals surface area (Å²) < 4.78 is 1.97. The Morgan fingerprint density at radius 2 is 2.16 bits per heavy atom. The van der Waals surface area contributed by atoms with Crippen molar-refractivity contribution in [3.63, 3.8) is 0 Å². The summed E-state index contributed by atoms with van der Waals surface area (Å²) in [6, 6.07) is 4.79. The number of rotatable bonds is 4. The van der Waals surface area contributed by atoms with Crippen LogP contribution in [0.15, 0.2) is 24.5 Å². The van der Waals surface area contributed by atoms with E-state index in [1.54, 1.807) is 18.5 Å². The molecule has 2 rings (SSSR count). The average Bonchev–Trinajstić information content (AvgIpc) is 2.75. The molecular weight excluding hydrogens is 244 g/mol. The molecule has 0 aliphatic carbocycles. The fourth-order valence-corrected chi connectivity index (χ4v) is 2.00. The molecule has 0 N–H and O–H groups in total. The average molecular weight is 260 g/mol. The van der Waals surface area contributed by atoms with Gasteiger partial charge < -0.3 is 4.57 Å². The predicted octanol–water partition coefficient (Wildman–Crippen LogP) is 2.82. The van der Waals surface area contributed by atoms with Crippen LogP contribution in [0.4, 0.5) is 5.69 Å². The molecule has 0 fully saturated rings. The summed E-state index contributed by atoms with van der Waals surface area (Å²) in [6.07, 6.45) is 1.69. The lowest BCUT2D eigenvalue weighted by molar-refractivity contribution is -0.384. The van der Waals surface area contributed by atoms with Crippen LogP contribution in [0, 0.1) is 23.0 Å². The Labute approximate surface area is 111 Å². The zero-order chi connectivity index (χ0) is 14.0. The van der Waals surface area contributed by atoms with E-state index in [1.807, 2.05) is 11.5 Å². The summed E-state index contributed by atoms with van der Waals surface area (Å²) in [5.41, 5.74) is 1.80. The van der Waals surface area contributed by atoms with Crippen molar-refractivity contribution in [2.45, 2.75) is 27.3 Å². The molecule has 0 saturated heterocycles. The molecule has 0 bridgehead atoms. The number of hydrogen-bond acceptors (Lipinski definition) is 4. The highest BCUT2D eigenvalue weighted by Gasteiger charge is 2.14. The highest BCUT2D eigenvalue weighted by Crippen LogP contribution is 2.25. The maximum absolute atomic E-state index is 10.7. The number of nitrogens with zero attached hydrogens (tertiary/aromatic N) is 4. The first-order valence-corrected chi connectivity index (χ1v) is 6.12. The standard InChI is InChI=1S/C13H16N4O2/c1-9(2)7-16-8-14-15-13(16)12-5-4-11(17(18)19)6-10(12)3/h4-6,8-9H,7H2,1-3H3. The van der Waals surface area contributed by atoms with Gasteiger partial charge in [0.25, 0.3) is 5.69 Å². The summed E-state index contributed by atoms with van der Waals surface area (Å²) in [7, 11) is 0. The van der Waals surface area contributed by atoms with E-state index >= 15 is 0 Å². The van der Waals surface area contributed by atoms with Crippen molar-refractivity contribution in [2.75, 3.05) is 0 Å². The molecule has 100 valence electrons. The van der Waals surface area contributed by atoms with Crippen molar-refractivity contribution >= 4 is 5.69 Å². The van der Waals surface area contributed by atoms with Crippen molar-refractivity contribution in [1.82, 2.24) is 14.8 Å². The van der Waals surface area contributed by atoms with E-state index in [9.17, 15) is 10.1 Å². The molecule has 2 aromatic rings. The fourth-order valence-electron chi connectivity index (χ4n) is 2.00. The van der Waals surface area contributed by atoms with Crippen molar-refractivity contribution in [3.8, 4) is 11.4 Å². The van der Waals surface area contributed by atoms with Gasteiger partial charge in [0.15, 0.2) is 5.82 Å². The molecule has 1 heterocycles. The topological polar surface area (TPSA) is 73.8 Å². The van der Waals surface area contributed by atoms with Crippen LogP contribution in [0.3, 0.4) is 0 Å². The number of non-ortho nitro benzene ring substituents is 1. The van der Waals surface area contributed by atoms with Gasteiger partial charge in [0, 0.05) is 24.2 Å². The Bertz CT molecular complexity index is 604. The van der Waals surface area contributed by atoms with Crippen LogP contribution < -0.4 is 0 Å². The molecular formula is C13H16N4O2. The van der Waals surface area contributed by atoms with Crippen LogP contribution in [0.2, 0.25) is 0 Å². The Balaban J connectivity index is 2.42. The third-order valence-corrected chi connectivity index (χ3v) is 2.84. The second-order valence-electron chi connectivity index (χ2n) is 4.96. The summed E-state index contributed by atoms with van der Waals surface area (Å²) in [5, 5.41) is 18.8. The van der Waals surface area contributed by atoms with E-state index < -0.39 is 4.92 Å². The van der Waals surface area contributed by atoms with E-state index in [0.717, 1.165) is 23.5 Å².